The number of carbonyl (C=O) groups excluding carboxylic acids is 1. The third kappa shape index (κ3) is 3.32. The van der Waals surface area contributed by atoms with Gasteiger partial charge in [-0.2, -0.15) is 5.10 Å². The molecule has 1 aliphatic rings. The van der Waals surface area contributed by atoms with Gasteiger partial charge in [-0.1, -0.05) is 31.0 Å². The summed E-state index contributed by atoms with van der Waals surface area (Å²) in [5, 5.41) is 8.20. The summed E-state index contributed by atoms with van der Waals surface area (Å²) in [7, 11) is 0. The van der Waals surface area contributed by atoms with E-state index in [4.69, 9.17) is 17.3 Å². The lowest BCUT2D eigenvalue weighted by Gasteiger charge is -2.19. The van der Waals surface area contributed by atoms with Crippen LogP contribution < -0.4 is 11.1 Å². The number of nitrogens with one attached hydrogen (secondary N) is 1. The summed E-state index contributed by atoms with van der Waals surface area (Å²) < 4.78 is 1.79. The van der Waals surface area contributed by atoms with Gasteiger partial charge in [-0.05, 0) is 49.9 Å². The van der Waals surface area contributed by atoms with Crippen LogP contribution in [0.15, 0.2) is 30.5 Å². The van der Waals surface area contributed by atoms with Crippen molar-refractivity contribution in [3.05, 3.63) is 46.7 Å². The van der Waals surface area contributed by atoms with Gasteiger partial charge in [-0.25, -0.2) is 4.68 Å². The number of halogens is 1. The van der Waals surface area contributed by atoms with Crippen molar-refractivity contribution in [3.8, 4) is 5.69 Å². The highest BCUT2D eigenvalue weighted by Gasteiger charge is 2.28. The van der Waals surface area contributed by atoms with E-state index in [2.05, 4.69) is 10.4 Å². The number of benzene rings is 1. The fraction of sp³-hybridized carbons (Fsp3) is 0.444. The average Bonchev–Trinajstić information content (AvgIpc) is 3.20. The SMILES string of the molecule is CCc1c(C(=O)NC2CCCC2CN)cnn1-c1cccc(Cl)c1. The zero-order valence-electron chi connectivity index (χ0n) is 13.8. The molecule has 1 aliphatic carbocycles. The molecular formula is C18H23ClN4O. The third-order valence-electron chi connectivity index (χ3n) is 4.78. The summed E-state index contributed by atoms with van der Waals surface area (Å²) in [5.41, 5.74) is 8.18. The highest BCUT2D eigenvalue weighted by Crippen LogP contribution is 2.25. The maximum atomic E-state index is 12.7. The van der Waals surface area contributed by atoms with Crippen LogP contribution in [0.2, 0.25) is 5.02 Å². The molecule has 128 valence electrons. The van der Waals surface area contributed by atoms with Crippen LogP contribution in [0.3, 0.4) is 0 Å². The Kier molecular flexibility index (Phi) is 5.21. The topological polar surface area (TPSA) is 72.9 Å². The fourth-order valence-electron chi connectivity index (χ4n) is 3.49. The Morgan fingerprint density at radius 2 is 2.29 bits per heavy atom. The van der Waals surface area contributed by atoms with Crippen molar-refractivity contribution in [2.75, 3.05) is 6.54 Å². The Balaban J connectivity index is 1.85. The molecule has 0 aliphatic heterocycles. The van der Waals surface area contributed by atoms with E-state index in [-0.39, 0.29) is 11.9 Å². The zero-order valence-corrected chi connectivity index (χ0v) is 14.6. The summed E-state index contributed by atoms with van der Waals surface area (Å²) in [4.78, 5) is 12.7. The Hall–Kier alpha value is -1.85. The summed E-state index contributed by atoms with van der Waals surface area (Å²) in [6.45, 7) is 2.64. The smallest absolute Gasteiger partial charge is 0.255 e. The van der Waals surface area contributed by atoms with Gasteiger partial charge in [0.1, 0.15) is 0 Å². The molecule has 6 heteroatoms. The van der Waals surface area contributed by atoms with E-state index in [1.165, 1.54) is 0 Å². The average molecular weight is 347 g/mol. The van der Waals surface area contributed by atoms with Crippen molar-refractivity contribution in [1.29, 1.82) is 0 Å². The molecule has 5 nitrogen and oxygen atoms in total. The van der Waals surface area contributed by atoms with Crippen LogP contribution in [0.25, 0.3) is 5.69 Å². The van der Waals surface area contributed by atoms with Crippen molar-refractivity contribution >= 4 is 17.5 Å². The van der Waals surface area contributed by atoms with Gasteiger partial charge in [0.05, 0.1) is 23.1 Å². The molecule has 3 N–H and O–H groups in total. The van der Waals surface area contributed by atoms with E-state index < -0.39 is 0 Å². The van der Waals surface area contributed by atoms with E-state index in [9.17, 15) is 4.79 Å². The molecule has 24 heavy (non-hydrogen) atoms. The molecule has 1 fully saturated rings. The third-order valence-corrected chi connectivity index (χ3v) is 5.01. The Morgan fingerprint density at radius 3 is 3.00 bits per heavy atom. The largest absolute Gasteiger partial charge is 0.349 e. The molecule has 1 heterocycles. The van der Waals surface area contributed by atoms with Gasteiger partial charge in [0.2, 0.25) is 0 Å². The summed E-state index contributed by atoms with van der Waals surface area (Å²) >= 11 is 6.07. The highest BCUT2D eigenvalue weighted by molar-refractivity contribution is 6.30. The normalized spacial score (nSPS) is 20.3. The maximum absolute atomic E-state index is 12.7. The first-order valence-electron chi connectivity index (χ1n) is 8.47. The number of rotatable bonds is 5. The van der Waals surface area contributed by atoms with Crippen LogP contribution in [0.5, 0.6) is 0 Å². The minimum Gasteiger partial charge on any atom is -0.349 e. The number of nitrogens with zero attached hydrogens (tertiary/aromatic N) is 2. The molecule has 1 aromatic heterocycles. The monoisotopic (exact) mass is 346 g/mol. The van der Waals surface area contributed by atoms with Crippen molar-refractivity contribution in [2.24, 2.45) is 11.7 Å². The van der Waals surface area contributed by atoms with Gasteiger partial charge in [0.25, 0.3) is 5.91 Å². The standard InChI is InChI=1S/C18H23ClN4O/c1-2-17-15(18(24)22-16-8-3-5-12(16)10-20)11-21-23(17)14-7-4-6-13(19)9-14/h4,6-7,9,11-12,16H,2-3,5,8,10,20H2,1H3,(H,22,24). The molecular weight excluding hydrogens is 324 g/mol. The van der Waals surface area contributed by atoms with Gasteiger partial charge in [-0.15, -0.1) is 0 Å². The minimum atomic E-state index is -0.0644. The molecule has 3 rings (SSSR count). The second-order valence-electron chi connectivity index (χ2n) is 6.26. The lowest BCUT2D eigenvalue weighted by atomic mass is 10.0. The van der Waals surface area contributed by atoms with E-state index in [1.807, 2.05) is 31.2 Å². The molecule has 2 unspecified atom stereocenters. The van der Waals surface area contributed by atoms with Gasteiger partial charge in [-0.3, -0.25) is 4.79 Å². The minimum absolute atomic E-state index is 0.0644. The number of aromatic nitrogens is 2. The first-order chi connectivity index (χ1) is 11.6. The molecule has 1 amide bonds. The molecule has 1 saturated carbocycles. The van der Waals surface area contributed by atoms with Gasteiger partial charge in [0, 0.05) is 11.1 Å². The number of amides is 1. The molecule has 2 atom stereocenters. The predicted octanol–water partition coefficient (Wildman–Crippen LogP) is 2.95. The van der Waals surface area contributed by atoms with E-state index in [0.717, 1.165) is 30.6 Å². The molecule has 1 aromatic carbocycles. The molecule has 0 radical (unpaired) electrons. The van der Waals surface area contributed by atoms with Crippen molar-refractivity contribution < 1.29 is 4.79 Å². The quantitative estimate of drug-likeness (QED) is 0.874. The van der Waals surface area contributed by atoms with Crippen LogP contribution >= 0.6 is 11.6 Å². The van der Waals surface area contributed by atoms with Crippen molar-refractivity contribution in [3.63, 3.8) is 0 Å². The van der Waals surface area contributed by atoms with Crippen molar-refractivity contribution in [1.82, 2.24) is 15.1 Å². The fourth-order valence-corrected chi connectivity index (χ4v) is 3.67. The molecule has 0 bridgehead atoms. The number of carbonyl (C=O) groups is 1. The lowest BCUT2D eigenvalue weighted by molar-refractivity contribution is 0.0928. The summed E-state index contributed by atoms with van der Waals surface area (Å²) in [6.07, 6.45) is 5.55. The second-order valence-corrected chi connectivity index (χ2v) is 6.69. The van der Waals surface area contributed by atoms with Gasteiger partial charge in [0.15, 0.2) is 0 Å². The highest BCUT2D eigenvalue weighted by atomic mass is 35.5. The Morgan fingerprint density at radius 1 is 1.46 bits per heavy atom. The zero-order chi connectivity index (χ0) is 17.1. The van der Waals surface area contributed by atoms with Crippen LogP contribution in [-0.2, 0) is 6.42 Å². The van der Waals surface area contributed by atoms with Crippen LogP contribution in [0.1, 0.15) is 42.2 Å². The van der Waals surface area contributed by atoms with E-state index in [0.29, 0.717) is 29.5 Å². The number of hydrogen-bond acceptors (Lipinski definition) is 3. The molecule has 0 saturated heterocycles. The van der Waals surface area contributed by atoms with Crippen LogP contribution in [-0.4, -0.2) is 28.3 Å². The Labute approximate surface area is 147 Å². The van der Waals surface area contributed by atoms with Crippen molar-refractivity contribution in [2.45, 2.75) is 38.6 Å². The number of hydrogen-bond donors (Lipinski definition) is 2. The molecule has 0 spiro atoms. The van der Waals surface area contributed by atoms with Gasteiger partial charge >= 0.3 is 0 Å². The number of nitrogens with two attached hydrogens (primary N) is 1. The first kappa shape index (κ1) is 17.0. The summed E-state index contributed by atoms with van der Waals surface area (Å²) in [5.74, 6) is 0.312. The second kappa shape index (κ2) is 7.36. The first-order valence-corrected chi connectivity index (χ1v) is 8.85. The summed E-state index contributed by atoms with van der Waals surface area (Å²) in [6, 6.07) is 7.64. The van der Waals surface area contributed by atoms with E-state index in [1.54, 1.807) is 10.9 Å². The van der Waals surface area contributed by atoms with Crippen LogP contribution in [0.4, 0.5) is 0 Å². The van der Waals surface area contributed by atoms with Crippen LogP contribution in [0, 0.1) is 5.92 Å². The molecule has 2 aromatic rings. The Bertz CT molecular complexity index is 728. The van der Waals surface area contributed by atoms with E-state index >= 15 is 0 Å². The van der Waals surface area contributed by atoms with Gasteiger partial charge < -0.3 is 11.1 Å². The lowest BCUT2D eigenvalue weighted by Crippen LogP contribution is -2.40. The predicted molar refractivity (Wildman–Crippen MR) is 95.6 cm³/mol. The maximum Gasteiger partial charge on any atom is 0.255 e.